The third kappa shape index (κ3) is 2.74. The highest BCUT2D eigenvalue weighted by Crippen LogP contribution is 2.35. The van der Waals surface area contributed by atoms with Gasteiger partial charge in [0.2, 0.25) is 0 Å². The Morgan fingerprint density at radius 1 is 1.35 bits per heavy atom. The van der Waals surface area contributed by atoms with Crippen LogP contribution in [0.2, 0.25) is 0 Å². The molecule has 0 radical (unpaired) electrons. The van der Waals surface area contributed by atoms with Gasteiger partial charge in [-0.15, -0.1) is 0 Å². The summed E-state index contributed by atoms with van der Waals surface area (Å²) in [6.07, 6.45) is 2.23. The summed E-state index contributed by atoms with van der Waals surface area (Å²) in [7, 11) is 0. The molecule has 3 heteroatoms. The standard InChI is InChI=1S/C17H21NOS/c1-12-5-3-6-15-16(7-4-9-19-17(12)15)18-13(2)14-8-10-20-11-14/h3,5-6,8,10-11,13,16,18H,4,7,9H2,1-2H3. The lowest BCUT2D eigenvalue weighted by molar-refractivity contribution is 0.312. The van der Waals surface area contributed by atoms with E-state index in [0.717, 1.165) is 25.2 Å². The highest BCUT2D eigenvalue weighted by Gasteiger charge is 2.22. The molecule has 20 heavy (non-hydrogen) atoms. The van der Waals surface area contributed by atoms with Gasteiger partial charge < -0.3 is 10.1 Å². The van der Waals surface area contributed by atoms with Gasteiger partial charge in [-0.3, -0.25) is 0 Å². The fraction of sp³-hybridized carbons (Fsp3) is 0.412. The Bertz CT molecular complexity index is 564. The molecular formula is C17H21NOS. The number of hydrogen-bond acceptors (Lipinski definition) is 3. The number of aryl methyl sites for hydroxylation is 1. The summed E-state index contributed by atoms with van der Waals surface area (Å²) >= 11 is 1.76. The summed E-state index contributed by atoms with van der Waals surface area (Å²) in [5, 5.41) is 8.14. The van der Waals surface area contributed by atoms with Crippen LogP contribution in [0.5, 0.6) is 5.75 Å². The van der Waals surface area contributed by atoms with Crippen molar-refractivity contribution in [3.63, 3.8) is 0 Å². The van der Waals surface area contributed by atoms with Crippen molar-refractivity contribution in [1.82, 2.24) is 5.32 Å². The molecule has 1 aromatic heterocycles. The van der Waals surface area contributed by atoms with Gasteiger partial charge in [-0.2, -0.15) is 11.3 Å². The first-order valence-corrected chi connectivity index (χ1v) is 8.20. The van der Waals surface area contributed by atoms with Gasteiger partial charge in [0.05, 0.1) is 6.61 Å². The van der Waals surface area contributed by atoms with Crippen molar-refractivity contribution >= 4 is 11.3 Å². The molecule has 0 aliphatic carbocycles. The Labute approximate surface area is 124 Å². The van der Waals surface area contributed by atoms with Crippen molar-refractivity contribution in [3.8, 4) is 5.75 Å². The van der Waals surface area contributed by atoms with E-state index >= 15 is 0 Å². The summed E-state index contributed by atoms with van der Waals surface area (Å²) in [6.45, 7) is 5.19. The Hall–Kier alpha value is -1.32. The molecule has 0 fully saturated rings. The van der Waals surface area contributed by atoms with Crippen LogP contribution in [-0.4, -0.2) is 6.61 Å². The average Bonchev–Trinajstić information content (AvgIpc) is 2.90. The van der Waals surface area contributed by atoms with Crippen LogP contribution < -0.4 is 10.1 Å². The molecule has 2 unspecified atom stereocenters. The van der Waals surface area contributed by atoms with Crippen molar-refractivity contribution in [2.45, 2.75) is 38.8 Å². The smallest absolute Gasteiger partial charge is 0.126 e. The maximum absolute atomic E-state index is 5.94. The second kappa shape index (κ2) is 5.98. The van der Waals surface area contributed by atoms with Gasteiger partial charge in [-0.25, -0.2) is 0 Å². The molecular weight excluding hydrogens is 266 g/mol. The summed E-state index contributed by atoms with van der Waals surface area (Å²) in [5.74, 6) is 1.08. The third-order valence-corrected chi connectivity index (χ3v) is 4.70. The van der Waals surface area contributed by atoms with E-state index in [0.29, 0.717) is 12.1 Å². The lowest BCUT2D eigenvalue weighted by atomic mass is 9.98. The van der Waals surface area contributed by atoms with Crippen molar-refractivity contribution in [1.29, 1.82) is 0 Å². The van der Waals surface area contributed by atoms with E-state index in [1.807, 2.05) is 0 Å². The lowest BCUT2D eigenvalue weighted by Gasteiger charge is -2.23. The molecule has 0 bridgehead atoms. The number of fused-ring (bicyclic) bond motifs is 1. The van der Waals surface area contributed by atoms with E-state index < -0.39 is 0 Å². The van der Waals surface area contributed by atoms with Gasteiger partial charge in [0, 0.05) is 17.6 Å². The molecule has 2 heterocycles. The fourth-order valence-electron chi connectivity index (χ4n) is 2.86. The largest absolute Gasteiger partial charge is 0.493 e. The van der Waals surface area contributed by atoms with Crippen LogP contribution >= 0.6 is 11.3 Å². The van der Waals surface area contributed by atoms with Gasteiger partial charge in [-0.1, -0.05) is 18.2 Å². The van der Waals surface area contributed by atoms with Crippen molar-refractivity contribution in [2.24, 2.45) is 0 Å². The van der Waals surface area contributed by atoms with Gasteiger partial charge in [0.15, 0.2) is 0 Å². The zero-order valence-corrected chi connectivity index (χ0v) is 12.9. The highest BCUT2D eigenvalue weighted by molar-refractivity contribution is 7.07. The fourth-order valence-corrected chi connectivity index (χ4v) is 3.61. The van der Waals surface area contributed by atoms with Crippen molar-refractivity contribution in [2.75, 3.05) is 6.61 Å². The predicted octanol–water partition coefficient (Wildman–Crippen LogP) is 4.62. The van der Waals surface area contributed by atoms with E-state index in [1.54, 1.807) is 11.3 Å². The SMILES string of the molecule is Cc1cccc2c1OCCCC2NC(C)c1ccsc1. The summed E-state index contributed by atoms with van der Waals surface area (Å²) in [5.41, 5.74) is 3.92. The third-order valence-electron chi connectivity index (χ3n) is 4.00. The first-order chi connectivity index (χ1) is 9.75. The normalized spacial score (nSPS) is 19.8. The van der Waals surface area contributed by atoms with Crippen molar-refractivity contribution in [3.05, 3.63) is 51.7 Å². The minimum absolute atomic E-state index is 0.373. The molecule has 1 aliphatic heterocycles. The molecule has 2 aromatic rings. The van der Waals surface area contributed by atoms with Crippen LogP contribution in [0.1, 0.15) is 48.5 Å². The second-order valence-corrected chi connectivity index (χ2v) is 6.26. The van der Waals surface area contributed by atoms with Crippen molar-refractivity contribution < 1.29 is 4.74 Å². The molecule has 2 nitrogen and oxygen atoms in total. The van der Waals surface area contributed by atoms with Crippen LogP contribution in [0.4, 0.5) is 0 Å². The molecule has 0 spiro atoms. The number of ether oxygens (including phenoxy) is 1. The van der Waals surface area contributed by atoms with Gasteiger partial charge in [0.25, 0.3) is 0 Å². The van der Waals surface area contributed by atoms with E-state index in [1.165, 1.54) is 16.7 Å². The molecule has 2 atom stereocenters. The molecule has 0 saturated heterocycles. The van der Waals surface area contributed by atoms with E-state index in [9.17, 15) is 0 Å². The summed E-state index contributed by atoms with van der Waals surface area (Å²) < 4.78 is 5.94. The Kier molecular flexibility index (Phi) is 4.08. The lowest BCUT2D eigenvalue weighted by Crippen LogP contribution is -2.24. The maximum Gasteiger partial charge on any atom is 0.126 e. The van der Waals surface area contributed by atoms with Crippen LogP contribution in [-0.2, 0) is 0 Å². The first-order valence-electron chi connectivity index (χ1n) is 7.26. The highest BCUT2D eigenvalue weighted by atomic mass is 32.1. The molecule has 1 aliphatic rings. The second-order valence-electron chi connectivity index (χ2n) is 5.48. The zero-order chi connectivity index (χ0) is 13.9. The van der Waals surface area contributed by atoms with E-state index in [4.69, 9.17) is 4.74 Å². The number of para-hydroxylation sites is 1. The summed E-state index contributed by atoms with van der Waals surface area (Å²) in [4.78, 5) is 0. The number of benzene rings is 1. The van der Waals surface area contributed by atoms with E-state index in [-0.39, 0.29) is 0 Å². The van der Waals surface area contributed by atoms with Crippen LogP contribution in [0.3, 0.4) is 0 Å². The minimum atomic E-state index is 0.373. The van der Waals surface area contributed by atoms with Crippen LogP contribution in [0.15, 0.2) is 35.0 Å². The Balaban J connectivity index is 1.85. The van der Waals surface area contributed by atoms with Gasteiger partial charge in [0.1, 0.15) is 5.75 Å². The molecule has 0 saturated carbocycles. The Morgan fingerprint density at radius 3 is 3.05 bits per heavy atom. The number of thiophene rings is 1. The first kappa shape index (κ1) is 13.7. The number of nitrogens with one attached hydrogen (secondary N) is 1. The molecule has 3 rings (SSSR count). The molecule has 0 amide bonds. The molecule has 106 valence electrons. The van der Waals surface area contributed by atoms with Gasteiger partial charge in [-0.05, 0) is 54.6 Å². The predicted molar refractivity (Wildman–Crippen MR) is 84.5 cm³/mol. The monoisotopic (exact) mass is 287 g/mol. The number of hydrogen-bond donors (Lipinski definition) is 1. The van der Waals surface area contributed by atoms with E-state index in [2.05, 4.69) is 54.2 Å². The summed E-state index contributed by atoms with van der Waals surface area (Å²) in [6, 6.07) is 9.41. The zero-order valence-electron chi connectivity index (χ0n) is 12.1. The molecule has 1 aromatic carbocycles. The topological polar surface area (TPSA) is 21.3 Å². The minimum Gasteiger partial charge on any atom is -0.493 e. The average molecular weight is 287 g/mol. The van der Waals surface area contributed by atoms with Crippen LogP contribution in [0.25, 0.3) is 0 Å². The van der Waals surface area contributed by atoms with Crippen LogP contribution in [0, 0.1) is 6.92 Å². The maximum atomic E-state index is 5.94. The Morgan fingerprint density at radius 2 is 2.25 bits per heavy atom. The molecule has 1 N–H and O–H groups in total. The quantitative estimate of drug-likeness (QED) is 0.889. The number of rotatable bonds is 3. The van der Waals surface area contributed by atoms with Gasteiger partial charge >= 0.3 is 0 Å².